The van der Waals surface area contributed by atoms with Crippen molar-refractivity contribution >= 4 is 18.2 Å². The van der Waals surface area contributed by atoms with Gasteiger partial charge in [-0.1, -0.05) is 12.8 Å². The average Bonchev–Trinajstić information content (AvgIpc) is 2.86. The van der Waals surface area contributed by atoms with Crippen molar-refractivity contribution < 1.29 is 0 Å². The third-order valence-electron chi connectivity index (χ3n) is 4.55. The lowest BCUT2D eigenvalue weighted by atomic mass is 10.1. The Morgan fingerprint density at radius 2 is 1.90 bits per heavy atom. The maximum Gasteiger partial charge on any atom is 0.132 e. The molecule has 1 atom stereocenters. The van der Waals surface area contributed by atoms with Crippen molar-refractivity contribution in [1.29, 1.82) is 0 Å². The number of aryl methyl sites for hydroxylation is 1. The number of anilines is 1. The van der Waals surface area contributed by atoms with Gasteiger partial charge in [0.15, 0.2) is 0 Å². The van der Waals surface area contributed by atoms with E-state index in [0.717, 1.165) is 25.3 Å². The Hall–Kier alpha value is -0.870. The van der Waals surface area contributed by atoms with Crippen molar-refractivity contribution in [2.75, 3.05) is 24.5 Å². The largest absolute Gasteiger partial charge is 0.357 e. The standard InChI is InChI=1S/C16H26N4.ClH/c1-2-4-11-20(10-3-1)16-12-15(18-13-19-16)8-7-14-6-5-9-17-14;/h12-14,17H,1-11H2;1H. The summed E-state index contributed by atoms with van der Waals surface area (Å²) in [6.07, 6.45) is 12.0. The molecule has 3 rings (SSSR count). The van der Waals surface area contributed by atoms with Crippen LogP contribution in [-0.2, 0) is 6.42 Å². The lowest BCUT2D eigenvalue weighted by Crippen LogP contribution is -2.25. The molecule has 1 aromatic heterocycles. The third-order valence-corrected chi connectivity index (χ3v) is 4.55. The molecule has 1 unspecified atom stereocenters. The van der Waals surface area contributed by atoms with Gasteiger partial charge in [-0.2, -0.15) is 0 Å². The molecule has 5 heteroatoms. The van der Waals surface area contributed by atoms with Gasteiger partial charge in [0.25, 0.3) is 0 Å². The van der Waals surface area contributed by atoms with Crippen LogP contribution in [-0.4, -0.2) is 35.6 Å². The summed E-state index contributed by atoms with van der Waals surface area (Å²) < 4.78 is 0. The monoisotopic (exact) mass is 310 g/mol. The first-order chi connectivity index (χ1) is 9.92. The molecule has 2 saturated heterocycles. The van der Waals surface area contributed by atoms with Crippen LogP contribution in [0.25, 0.3) is 0 Å². The number of nitrogens with one attached hydrogen (secondary N) is 1. The maximum atomic E-state index is 4.48. The summed E-state index contributed by atoms with van der Waals surface area (Å²) in [5.74, 6) is 1.14. The predicted molar refractivity (Wildman–Crippen MR) is 89.3 cm³/mol. The number of hydrogen-bond donors (Lipinski definition) is 1. The van der Waals surface area contributed by atoms with Crippen LogP contribution in [0.15, 0.2) is 12.4 Å². The Morgan fingerprint density at radius 1 is 1.10 bits per heavy atom. The van der Waals surface area contributed by atoms with Gasteiger partial charge in [0, 0.05) is 30.9 Å². The van der Waals surface area contributed by atoms with Gasteiger partial charge in [0.1, 0.15) is 12.1 Å². The highest BCUT2D eigenvalue weighted by Crippen LogP contribution is 2.18. The van der Waals surface area contributed by atoms with Gasteiger partial charge in [0.2, 0.25) is 0 Å². The number of aromatic nitrogens is 2. The molecule has 1 aromatic rings. The summed E-state index contributed by atoms with van der Waals surface area (Å²) in [6.45, 7) is 3.49. The quantitative estimate of drug-likeness (QED) is 0.928. The summed E-state index contributed by atoms with van der Waals surface area (Å²) in [5.41, 5.74) is 1.20. The van der Waals surface area contributed by atoms with Crippen LogP contribution in [0, 0.1) is 0 Å². The second kappa shape index (κ2) is 8.54. The molecular weight excluding hydrogens is 284 g/mol. The highest BCUT2D eigenvalue weighted by atomic mass is 35.5. The lowest BCUT2D eigenvalue weighted by Gasteiger charge is -2.21. The molecule has 0 amide bonds. The van der Waals surface area contributed by atoms with Gasteiger partial charge in [-0.05, 0) is 45.1 Å². The van der Waals surface area contributed by atoms with E-state index >= 15 is 0 Å². The molecule has 118 valence electrons. The maximum absolute atomic E-state index is 4.48. The van der Waals surface area contributed by atoms with E-state index in [2.05, 4.69) is 26.3 Å². The van der Waals surface area contributed by atoms with Crippen molar-refractivity contribution in [1.82, 2.24) is 15.3 Å². The molecule has 3 heterocycles. The number of nitrogens with zero attached hydrogens (tertiary/aromatic N) is 3. The first-order valence-electron chi connectivity index (χ1n) is 8.21. The molecule has 2 aliphatic heterocycles. The van der Waals surface area contributed by atoms with Crippen molar-refractivity contribution in [3.05, 3.63) is 18.1 Å². The van der Waals surface area contributed by atoms with E-state index in [0.29, 0.717) is 6.04 Å². The highest BCUT2D eigenvalue weighted by molar-refractivity contribution is 5.85. The van der Waals surface area contributed by atoms with Crippen LogP contribution >= 0.6 is 12.4 Å². The van der Waals surface area contributed by atoms with E-state index < -0.39 is 0 Å². The van der Waals surface area contributed by atoms with E-state index in [1.54, 1.807) is 6.33 Å². The van der Waals surface area contributed by atoms with Crippen molar-refractivity contribution in [3.8, 4) is 0 Å². The van der Waals surface area contributed by atoms with Crippen LogP contribution in [0.5, 0.6) is 0 Å². The minimum absolute atomic E-state index is 0. The topological polar surface area (TPSA) is 41.1 Å². The summed E-state index contributed by atoms with van der Waals surface area (Å²) in [5, 5.41) is 3.56. The van der Waals surface area contributed by atoms with Gasteiger partial charge in [-0.25, -0.2) is 9.97 Å². The minimum Gasteiger partial charge on any atom is -0.357 e. The average molecular weight is 311 g/mol. The predicted octanol–water partition coefficient (Wildman–Crippen LogP) is 2.96. The van der Waals surface area contributed by atoms with Crippen LogP contribution in [0.2, 0.25) is 0 Å². The molecule has 4 nitrogen and oxygen atoms in total. The first-order valence-corrected chi connectivity index (χ1v) is 8.21. The normalized spacial score (nSPS) is 22.7. The molecular formula is C16H27ClN4. The van der Waals surface area contributed by atoms with E-state index in [1.165, 1.54) is 57.2 Å². The fourth-order valence-electron chi connectivity index (χ4n) is 3.32. The first kappa shape index (κ1) is 16.5. The molecule has 0 radical (unpaired) electrons. The minimum atomic E-state index is 0. The fraction of sp³-hybridized carbons (Fsp3) is 0.750. The SMILES string of the molecule is Cl.c1nc(CCC2CCCN2)cc(N2CCCCCC2)n1. The molecule has 1 N–H and O–H groups in total. The van der Waals surface area contributed by atoms with Crippen LogP contribution in [0.1, 0.15) is 50.6 Å². The van der Waals surface area contributed by atoms with Crippen LogP contribution < -0.4 is 10.2 Å². The highest BCUT2D eigenvalue weighted by Gasteiger charge is 2.15. The van der Waals surface area contributed by atoms with Crippen molar-refractivity contribution in [2.24, 2.45) is 0 Å². The number of rotatable bonds is 4. The Bertz CT molecular complexity index is 412. The molecule has 0 saturated carbocycles. The zero-order valence-electron chi connectivity index (χ0n) is 12.8. The molecule has 2 aliphatic rings. The van der Waals surface area contributed by atoms with Crippen molar-refractivity contribution in [3.63, 3.8) is 0 Å². The van der Waals surface area contributed by atoms with Crippen LogP contribution in [0.3, 0.4) is 0 Å². The Kier molecular flexibility index (Phi) is 6.71. The number of halogens is 1. The molecule has 0 bridgehead atoms. The van der Waals surface area contributed by atoms with Gasteiger partial charge in [0.05, 0.1) is 0 Å². The Labute approximate surface area is 134 Å². The Balaban J connectivity index is 0.00000161. The zero-order chi connectivity index (χ0) is 13.6. The summed E-state index contributed by atoms with van der Waals surface area (Å²) >= 11 is 0. The summed E-state index contributed by atoms with van der Waals surface area (Å²) in [6, 6.07) is 2.91. The zero-order valence-corrected chi connectivity index (χ0v) is 13.6. The van der Waals surface area contributed by atoms with E-state index in [9.17, 15) is 0 Å². The van der Waals surface area contributed by atoms with E-state index in [4.69, 9.17) is 0 Å². The van der Waals surface area contributed by atoms with Gasteiger partial charge in [-0.3, -0.25) is 0 Å². The van der Waals surface area contributed by atoms with Crippen molar-refractivity contribution in [2.45, 2.75) is 57.4 Å². The second-order valence-corrected chi connectivity index (χ2v) is 6.10. The summed E-state index contributed by atoms with van der Waals surface area (Å²) in [4.78, 5) is 11.4. The molecule has 21 heavy (non-hydrogen) atoms. The van der Waals surface area contributed by atoms with Crippen LogP contribution in [0.4, 0.5) is 5.82 Å². The molecule has 0 spiro atoms. The molecule has 0 aliphatic carbocycles. The van der Waals surface area contributed by atoms with Gasteiger partial charge < -0.3 is 10.2 Å². The fourth-order valence-corrected chi connectivity index (χ4v) is 3.32. The molecule has 0 aromatic carbocycles. The lowest BCUT2D eigenvalue weighted by molar-refractivity contribution is 0.555. The molecule has 2 fully saturated rings. The second-order valence-electron chi connectivity index (χ2n) is 6.10. The van der Waals surface area contributed by atoms with E-state index in [1.807, 2.05) is 0 Å². The Morgan fingerprint density at radius 3 is 2.62 bits per heavy atom. The summed E-state index contributed by atoms with van der Waals surface area (Å²) in [7, 11) is 0. The van der Waals surface area contributed by atoms with Gasteiger partial charge in [-0.15, -0.1) is 12.4 Å². The number of hydrogen-bond acceptors (Lipinski definition) is 4. The smallest absolute Gasteiger partial charge is 0.132 e. The van der Waals surface area contributed by atoms with Gasteiger partial charge >= 0.3 is 0 Å². The van der Waals surface area contributed by atoms with E-state index in [-0.39, 0.29) is 12.4 Å². The third kappa shape index (κ3) is 4.82.